The van der Waals surface area contributed by atoms with Gasteiger partial charge in [-0.1, -0.05) is 0 Å². The van der Waals surface area contributed by atoms with Gasteiger partial charge in [0.25, 0.3) is 0 Å². The highest BCUT2D eigenvalue weighted by molar-refractivity contribution is 7.89. The molecule has 0 aromatic heterocycles. The quantitative estimate of drug-likeness (QED) is 0.498. The first kappa shape index (κ1) is 10.5. The van der Waals surface area contributed by atoms with Crippen molar-refractivity contribution in [3.63, 3.8) is 0 Å². The van der Waals surface area contributed by atoms with Crippen LogP contribution in [0.2, 0.25) is 0 Å². The van der Waals surface area contributed by atoms with E-state index in [-0.39, 0.29) is 5.75 Å². The Morgan fingerprint density at radius 3 is 2.45 bits per heavy atom. The summed E-state index contributed by atoms with van der Waals surface area (Å²) in [5.41, 5.74) is 0. The van der Waals surface area contributed by atoms with Crippen molar-refractivity contribution < 1.29 is 8.42 Å². The predicted molar refractivity (Wildman–Crippen MR) is 45.3 cm³/mol. The van der Waals surface area contributed by atoms with E-state index >= 15 is 0 Å². The Balaban J connectivity index is 3.34. The molecule has 0 saturated carbocycles. The van der Waals surface area contributed by atoms with Crippen LogP contribution in [0.25, 0.3) is 0 Å². The van der Waals surface area contributed by atoms with Crippen molar-refractivity contribution in [3.8, 4) is 11.8 Å². The zero-order valence-electron chi connectivity index (χ0n) is 6.63. The van der Waals surface area contributed by atoms with Gasteiger partial charge in [-0.3, -0.25) is 0 Å². The lowest BCUT2D eigenvalue weighted by atomic mass is 10.2. The first-order valence-electron chi connectivity index (χ1n) is 3.46. The highest BCUT2D eigenvalue weighted by Gasteiger charge is 1.99. The van der Waals surface area contributed by atoms with Crippen LogP contribution in [-0.4, -0.2) is 14.2 Å². The van der Waals surface area contributed by atoms with Gasteiger partial charge in [0.2, 0.25) is 10.0 Å². The monoisotopic (exact) mass is 175 g/mol. The van der Waals surface area contributed by atoms with E-state index in [1.807, 2.05) is 0 Å². The number of nitrogens with two attached hydrogens (primary N) is 1. The molecule has 0 aliphatic carbocycles. The molecule has 0 aliphatic rings. The molecule has 2 N–H and O–H groups in total. The van der Waals surface area contributed by atoms with E-state index in [1.165, 1.54) is 0 Å². The molecule has 64 valence electrons. The average Bonchev–Trinajstić information content (AvgIpc) is 1.85. The van der Waals surface area contributed by atoms with Gasteiger partial charge in [-0.05, 0) is 19.8 Å². The van der Waals surface area contributed by atoms with Crippen molar-refractivity contribution >= 4 is 10.0 Å². The molecule has 0 aromatic carbocycles. The number of rotatable bonds is 4. The van der Waals surface area contributed by atoms with Crippen molar-refractivity contribution in [2.75, 3.05) is 5.75 Å². The van der Waals surface area contributed by atoms with Gasteiger partial charge >= 0.3 is 0 Å². The summed E-state index contributed by atoms with van der Waals surface area (Å²) in [5.74, 6) is 5.65. The van der Waals surface area contributed by atoms with Gasteiger partial charge in [-0.15, -0.1) is 11.8 Å². The molecule has 0 aliphatic heterocycles. The molecule has 3 nitrogen and oxygen atoms in total. The molecule has 0 aromatic rings. The fourth-order valence-corrected chi connectivity index (χ4v) is 1.25. The molecule has 0 saturated heterocycles. The number of hydrogen-bond acceptors (Lipinski definition) is 2. The van der Waals surface area contributed by atoms with E-state index in [9.17, 15) is 8.42 Å². The molecular formula is C7H13NO2S. The largest absolute Gasteiger partial charge is 0.229 e. The fraction of sp³-hybridized carbons (Fsp3) is 0.714. The van der Waals surface area contributed by atoms with E-state index < -0.39 is 10.0 Å². The molecule has 0 radical (unpaired) electrons. The summed E-state index contributed by atoms with van der Waals surface area (Å²) in [6, 6.07) is 0. The Bertz CT molecular complexity index is 245. The predicted octanol–water partition coefficient (Wildman–Crippen LogP) is 0.469. The van der Waals surface area contributed by atoms with Crippen LogP contribution in [0, 0.1) is 11.8 Å². The van der Waals surface area contributed by atoms with Crippen molar-refractivity contribution in [2.45, 2.75) is 26.2 Å². The van der Waals surface area contributed by atoms with E-state index in [0.717, 1.165) is 12.8 Å². The Labute approximate surface area is 68.0 Å². The van der Waals surface area contributed by atoms with Gasteiger partial charge in [0.15, 0.2) is 0 Å². The average molecular weight is 175 g/mol. The normalized spacial score (nSPS) is 10.4. The summed E-state index contributed by atoms with van der Waals surface area (Å²) < 4.78 is 20.8. The van der Waals surface area contributed by atoms with Gasteiger partial charge in [0.1, 0.15) is 0 Å². The second kappa shape index (κ2) is 5.16. The maximum absolute atomic E-state index is 10.4. The minimum Gasteiger partial charge on any atom is -0.229 e. The molecule has 0 amide bonds. The topological polar surface area (TPSA) is 60.2 Å². The van der Waals surface area contributed by atoms with Crippen LogP contribution in [0.5, 0.6) is 0 Å². The molecule has 0 rings (SSSR count). The van der Waals surface area contributed by atoms with Crippen molar-refractivity contribution in [2.24, 2.45) is 5.14 Å². The summed E-state index contributed by atoms with van der Waals surface area (Å²) in [6.45, 7) is 1.76. The molecule has 0 bridgehead atoms. The lowest BCUT2D eigenvalue weighted by molar-refractivity contribution is 0.593. The van der Waals surface area contributed by atoms with Gasteiger partial charge in [0.05, 0.1) is 5.75 Å². The minimum absolute atomic E-state index is 0.0679. The van der Waals surface area contributed by atoms with E-state index in [0.29, 0.717) is 6.42 Å². The Morgan fingerprint density at radius 1 is 1.36 bits per heavy atom. The smallest absolute Gasteiger partial charge is 0.209 e. The number of unbranched alkanes of at least 4 members (excludes halogenated alkanes) is 2. The number of primary sulfonamides is 1. The maximum atomic E-state index is 10.4. The van der Waals surface area contributed by atoms with E-state index in [4.69, 9.17) is 5.14 Å². The molecule has 0 unspecified atom stereocenters. The molecule has 0 heterocycles. The first-order chi connectivity index (χ1) is 5.06. The highest BCUT2D eigenvalue weighted by atomic mass is 32.2. The zero-order chi connectivity index (χ0) is 8.74. The zero-order valence-corrected chi connectivity index (χ0v) is 7.45. The highest BCUT2D eigenvalue weighted by Crippen LogP contribution is 1.95. The van der Waals surface area contributed by atoms with E-state index in [1.54, 1.807) is 6.92 Å². The summed E-state index contributed by atoms with van der Waals surface area (Å²) in [6.07, 6.45) is 2.16. The van der Waals surface area contributed by atoms with Crippen LogP contribution in [0.1, 0.15) is 26.2 Å². The second-order valence-corrected chi connectivity index (χ2v) is 3.98. The van der Waals surface area contributed by atoms with Gasteiger partial charge < -0.3 is 0 Å². The number of hydrogen-bond donors (Lipinski definition) is 1. The lowest BCUT2D eigenvalue weighted by Crippen LogP contribution is -2.16. The third kappa shape index (κ3) is 9.47. The van der Waals surface area contributed by atoms with Crippen LogP contribution >= 0.6 is 0 Å². The summed E-state index contributed by atoms with van der Waals surface area (Å²) in [4.78, 5) is 0. The molecule has 0 fully saturated rings. The van der Waals surface area contributed by atoms with Crippen LogP contribution in [0.3, 0.4) is 0 Å². The third-order valence-electron chi connectivity index (χ3n) is 1.16. The van der Waals surface area contributed by atoms with Gasteiger partial charge in [-0.25, -0.2) is 13.6 Å². The van der Waals surface area contributed by atoms with Crippen LogP contribution < -0.4 is 5.14 Å². The SMILES string of the molecule is CC#CCCCCS(N)(=O)=O. The first-order valence-corrected chi connectivity index (χ1v) is 5.18. The lowest BCUT2D eigenvalue weighted by Gasteiger charge is -1.94. The summed E-state index contributed by atoms with van der Waals surface area (Å²) in [5, 5.41) is 4.79. The fourth-order valence-electron chi connectivity index (χ4n) is 0.642. The second-order valence-electron chi connectivity index (χ2n) is 2.25. The van der Waals surface area contributed by atoms with E-state index in [2.05, 4.69) is 11.8 Å². The molecular weight excluding hydrogens is 162 g/mol. The molecule has 4 heteroatoms. The Hall–Kier alpha value is -0.530. The van der Waals surface area contributed by atoms with Crippen molar-refractivity contribution in [1.29, 1.82) is 0 Å². The van der Waals surface area contributed by atoms with Crippen LogP contribution in [-0.2, 0) is 10.0 Å². The third-order valence-corrected chi connectivity index (χ3v) is 2.02. The summed E-state index contributed by atoms with van der Waals surface area (Å²) >= 11 is 0. The number of sulfonamides is 1. The molecule has 0 spiro atoms. The molecule has 11 heavy (non-hydrogen) atoms. The molecule has 0 atom stereocenters. The van der Waals surface area contributed by atoms with Crippen molar-refractivity contribution in [1.82, 2.24) is 0 Å². The Kier molecular flexibility index (Phi) is 4.92. The van der Waals surface area contributed by atoms with Gasteiger partial charge in [0, 0.05) is 6.42 Å². The Morgan fingerprint density at radius 2 is 2.00 bits per heavy atom. The van der Waals surface area contributed by atoms with Crippen LogP contribution in [0.4, 0.5) is 0 Å². The van der Waals surface area contributed by atoms with Crippen LogP contribution in [0.15, 0.2) is 0 Å². The standard InChI is InChI=1S/C7H13NO2S/c1-2-3-4-5-6-7-11(8,9)10/h4-7H2,1H3,(H2,8,9,10). The van der Waals surface area contributed by atoms with Crippen molar-refractivity contribution in [3.05, 3.63) is 0 Å². The maximum Gasteiger partial charge on any atom is 0.209 e. The minimum atomic E-state index is -3.26. The summed E-state index contributed by atoms with van der Waals surface area (Å²) in [7, 11) is -3.26. The van der Waals surface area contributed by atoms with Gasteiger partial charge in [-0.2, -0.15) is 0 Å².